The monoisotopic (exact) mass is 510 g/mol. The Morgan fingerprint density at radius 3 is 2.86 bits per heavy atom. The highest BCUT2D eigenvalue weighted by atomic mass is 32.1. The van der Waals surface area contributed by atoms with Gasteiger partial charge >= 0.3 is 5.69 Å². The molecule has 3 aromatic heterocycles. The Morgan fingerprint density at radius 1 is 1.17 bits per heavy atom. The van der Waals surface area contributed by atoms with E-state index in [2.05, 4.69) is 21.3 Å². The van der Waals surface area contributed by atoms with Gasteiger partial charge in [-0.25, -0.2) is 14.3 Å². The summed E-state index contributed by atoms with van der Waals surface area (Å²) >= 11 is 1.45. The summed E-state index contributed by atoms with van der Waals surface area (Å²) < 4.78 is 14.4. The van der Waals surface area contributed by atoms with E-state index in [0.717, 1.165) is 43.0 Å². The van der Waals surface area contributed by atoms with Crippen LogP contribution >= 0.6 is 11.3 Å². The molecule has 1 fully saturated rings. The molecule has 0 spiro atoms. The van der Waals surface area contributed by atoms with Gasteiger partial charge in [0, 0.05) is 63.1 Å². The van der Waals surface area contributed by atoms with Crippen molar-refractivity contribution in [3.05, 3.63) is 63.8 Å². The number of benzene rings is 1. The first-order chi connectivity index (χ1) is 17.7. The molecule has 4 aromatic rings. The van der Waals surface area contributed by atoms with E-state index in [1.807, 2.05) is 36.0 Å². The molecule has 1 aliphatic heterocycles. The molecule has 0 bridgehead atoms. The Balaban J connectivity index is 1.41. The van der Waals surface area contributed by atoms with Gasteiger partial charge in [0.15, 0.2) is 5.13 Å². The highest BCUT2D eigenvalue weighted by Crippen LogP contribution is 2.29. The van der Waals surface area contributed by atoms with Crippen LogP contribution in [0.5, 0.6) is 5.75 Å². The topological polar surface area (TPSA) is 107 Å². The Bertz CT molecular complexity index is 1370. The molecule has 0 atom stereocenters. The number of nitrogens with zero attached hydrogens (tertiary/aromatic N) is 5. The predicted molar refractivity (Wildman–Crippen MR) is 140 cm³/mol. The minimum atomic E-state index is -0.179. The zero-order valence-electron chi connectivity index (χ0n) is 20.2. The zero-order valence-corrected chi connectivity index (χ0v) is 21.0. The van der Waals surface area contributed by atoms with E-state index in [1.165, 1.54) is 17.0 Å². The van der Waals surface area contributed by atoms with Gasteiger partial charge in [0.05, 0.1) is 31.0 Å². The second kappa shape index (κ2) is 11.2. The van der Waals surface area contributed by atoms with Crippen LogP contribution in [0.15, 0.2) is 46.8 Å². The molecule has 0 saturated carbocycles. The standard InChI is InChI=1S/C25H30N6O4S/c1-29-23-21(3-2-4-22(23)35-14-13-34-12-11-32)31(25(29)33)24-28-19(17-36-24)15-18-16-27-6-5-20(18)30-9-7-26-8-10-30/h2-6,16-17,26,32H,7-15H2,1H3. The third-order valence-electron chi connectivity index (χ3n) is 6.19. The van der Waals surface area contributed by atoms with Crippen LogP contribution < -0.4 is 20.6 Å². The van der Waals surface area contributed by atoms with Gasteiger partial charge in [-0.15, -0.1) is 11.3 Å². The number of aromatic nitrogens is 4. The normalized spacial score (nSPS) is 14.0. The highest BCUT2D eigenvalue weighted by molar-refractivity contribution is 7.12. The fraction of sp³-hybridized carbons (Fsp3) is 0.400. The van der Waals surface area contributed by atoms with Crippen LogP contribution in [0.25, 0.3) is 16.2 Å². The van der Waals surface area contributed by atoms with Crippen LogP contribution in [-0.2, 0) is 18.2 Å². The number of aryl methyl sites for hydroxylation is 1. The van der Waals surface area contributed by atoms with Gasteiger partial charge < -0.3 is 24.8 Å². The molecule has 36 heavy (non-hydrogen) atoms. The lowest BCUT2D eigenvalue weighted by molar-refractivity contribution is 0.0708. The molecule has 4 heterocycles. The minimum absolute atomic E-state index is 0.0272. The van der Waals surface area contributed by atoms with E-state index in [4.69, 9.17) is 19.6 Å². The highest BCUT2D eigenvalue weighted by Gasteiger charge is 2.20. The number of ether oxygens (including phenoxy) is 2. The fourth-order valence-electron chi connectivity index (χ4n) is 4.50. The maximum absolute atomic E-state index is 13.2. The molecule has 1 aromatic carbocycles. The average Bonchev–Trinajstić information content (AvgIpc) is 3.46. The van der Waals surface area contributed by atoms with Gasteiger partial charge in [-0.3, -0.25) is 9.55 Å². The first-order valence-electron chi connectivity index (χ1n) is 12.0. The van der Waals surface area contributed by atoms with Crippen LogP contribution in [-0.4, -0.2) is 76.8 Å². The zero-order chi connectivity index (χ0) is 24.9. The molecule has 0 amide bonds. The van der Waals surface area contributed by atoms with Crippen molar-refractivity contribution in [2.45, 2.75) is 6.42 Å². The molecule has 1 aliphatic rings. The quantitative estimate of drug-likeness (QED) is 0.310. The first kappa shape index (κ1) is 24.4. The predicted octanol–water partition coefficient (Wildman–Crippen LogP) is 1.57. The van der Waals surface area contributed by atoms with Crippen molar-refractivity contribution < 1.29 is 14.6 Å². The van der Waals surface area contributed by atoms with Crippen molar-refractivity contribution in [1.29, 1.82) is 0 Å². The Hall–Kier alpha value is -3.25. The molecule has 0 unspecified atom stereocenters. The number of aliphatic hydroxyl groups is 1. The number of pyridine rings is 1. The van der Waals surface area contributed by atoms with Crippen molar-refractivity contribution in [3.8, 4) is 10.9 Å². The van der Waals surface area contributed by atoms with Crippen molar-refractivity contribution in [2.24, 2.45) is 7.05 Å². The maximum Gasteiger partial charge on any atom is 0.335 e. The molecular formula is C25H30N6O4S. The number of hydrogen-bond donors (Lipinski definition) is 2. The number of nitrogens with one attached hydrogen (secondary N) is 1. The Morgan fingerprint density at radius 2 is 2.03 bits per heavy atom. The summed E-state index contributed by atoms with van der Waals surface area (Å²) in [6, 6.07) is 7.67. The summed E-state index contributed by atoms with van der Waals surface area (Å²) in [7, 11) is 1.74. The van der Waals surface area contributed by atoms with Crippen LogP contribution in [0.2, 0.25) is 0 Å². The summed E-state index contributed by atoms with van der Waals surface area (Å²) in [5.74, 6) is 0.603. The summed E-state index contributed by atoms with van der Waals surface area (Å²) in [5, 5.41) is 14.9. The van der Waals surface area contributed by atoms with Crippen molar-refractivity contribution in [3.63, 3.8) is 0 Å². The summed E-state index contributed by atoms with van der Waals surface area (Å²) in [5.41, 5.74) is 4.47. The summed E-state index contributed by atoms with van der Waals surface area (Å²) in [6.07, 6.45) is 4.39. The molecular weight excluding hydrogens is 480 g/mol. The Kier molecular flexibility index (Phi) is 7.61. The SMILES string of the molecule is Cn1c(=O)n(-c2nc(Cc3cnccc3N3CCNCC3)cs2)c2cccc(OCCOCCO)c21. The van der Waals surface area contributed by atoms with Gasteiger partial charge in [-0.05, 0) is 23.8 Å². The molecule has 1 saturated heterocycles. The number of imidazole rings is 1. The number of para-hydroxylation sites is 1. The fourth-order valence-corrected chi connectivity index (χ4v) is 5.33. The lowest BCUT2D eigenvalue weighted by Gasteiger charge is -2.30. The number of piperazine rings is 1. The lowest BCUT2D eigenvalue weighted by Crippen LogP contribution is -2.43. The number of hydrogen-bond acceptors (Lipinski definition) is 9. The number of fused-ring (bicyclic) bond motifs is 1. The van der Waals surface area contributed by atoms with Crippen molar-refractivity contribution in [1.82, 2.24) is 24.4 Å². The molecule has 10 nitrogen and oxygen atoms in total. The number of rotatable bonds is 10. The van der Waals surface area contributed by atoms with Crippen molar-refractivity contribution >= 4 is 28.1 Å². The summed E-state index contributed by atoms with van der Waals surface area (Å²) in [6.45, 7) is 4.77. The van der Waals surface area contributed by atoms with Crippen LogP contribution in [0.3, 0.4) is 0 Å². The number of anilines is 1. The van der Waals surface area contributed by atoms with Crippen LogP contribution in [0, 0.1) is 0 Å². The number of aliphatic hydroxyl groups excluding tert-OH is 1. The summed E-state index contributed by atoms with van der Waals surface area (Å²) in [4.78, 5) is 24.8. The molecule has 0 radical (unpaired) electrons. The van der Waals surface area contributed by atoms with E-state index in [9.17, 15) is 4.79 Å². The van der Waals surface area contributed by atoms with E-state index in [1.54, 1.807) is 16.2 Å². The molecule has 11 heteroatoms. The first-order valence-corrected chi connectivity index (χ1v) is 12.9. The third-order valence-corrected chi connectivity index (χ3v) is 7.07. The van der Waals surface area contributed by atoms with E-state index >= 15 is 0 Å². The second-order valence-electron chi connectivity index (χ2n) is 8.52. The van der Waals surface area contributed by atoms with E-state index in [-0.39, 0.29) is 18.9 Å². The second-order valence-corrected chi connectivity index (χ2v) is 9.36. The average molecular weight is 511 g/mol. The molecule has 2 N–H and O–H groups in total. The van der Waals surface area contributed by atoms with E-state index in [0.29, 0.717) is 36.0 Å². The van der Waals surface area contributed by atoms with Gasteiger partial charge in [0.25, 0.3) is 0 Å². The third kappa shape index (κ3) is 5.00. The van der Waals surface area contributed by atoms with E-state index < -0.39 is 0 Å². The maximum atomic E-state index is 13.2. The molecule has 0 aliphatic carbocycles. The van der Waals surface area contributed by atoms with Gasteiger partial charge in [0.1, 0.15) is 17.9 Å². The van der Waals surface area contributed by atoms with Gasteiger partial charge in [-0.1, -0.05) is 6.07 Å². The minimum Gasteiger partial charge on any atom is -0.489 e. The molecule has 5 rings (SSSR count). The van der Waals surface area contributed by atoms with Gasteiger partial charge in [-0.2, -0.15) is 0 Å². The number of thiazole rings is 1. The van der Waals surface area contributed by atoms with Crippen LogP contribution in [0.4, 0.5) is 5.69 Å². The van der Waals surface area contributed by atoms with Crippen LogP contribution in [0.1, 0.15) is 11.3 Å². The van der Waals surface area contributed by atoms with Gasteiger partial charge in [0.2, 0.25) is 0 Å². The molecule has 190 valence electrons. The largest absolute Gasteiger partial charge is 0.489 e. The Labute approximate surface area is 212 Å². The van der Waals surface area contributed by atoms with Crippen molar-refractivity contribution in [2.75, 3.05) is 57.5 Å². The smallest absolute Gasteiger partial charge is 0.335 e. The lowest BCUT2D eigenvalue weighted by atomic mass is 10.1.